The molecule has 100 valence electrons. The van der Waals surface area contributed by atoms with Crippen LogP contribution in [0.4, 0.5) is 0 Å². The number of likely N-dealkylation sites (tertiary alicyclic amines) is 1. The average molecular weight is 249 g/mol. The van der Waals surface area contributed by atoms with Crippen LogP contribution in [0.2, 0.25) is 0 Å². The highest BCUT2D eigenvalue weighted by Crippen LogP contribution is 2.16. The molecule has 0 aliphatic carbocycles. The van der Waals surface area contributed by atoms with E-state index in [1.165, 1.54) is 24.0 Å². The predicted octanol–water partition coefficient (Wildman–Crippen LogP) is 2.14. The Balaban J connectivity index is 1.79. The van der Waals surface area contributed by atoms with E-state index in [4.69, 9.17) is 4.74 Å². The molecular formula is C15H23NO2. The minimum Gasteiger partial charge on any atom is -0.491 e. The Morgan fingerprint density at radius 2 is 1.78 bits per heavy atom. The van der Waals surface area contributed by atoms with Gasteiger partial charge in [0, 0.05) is 6.54 Å². The highest BCUT2D eigenvalue weighted by molar-refractivity contribution is 5.32. The van der Waals surface area contributed by atoms with Crippen molar-refractivity contribution in [3.63, 3.8) is 0 Å². The van der Waals surface area contributed by atoms with Gasteiger partial charge in [0.15, 0.2) is 0 Å². The van der Waals surface area contributed by atoms with Gasteiger partial charge in [-0.2, -0.15) is 0 Å². The number of hydrogen-bond donors (Lipinski definition) is 1. The van der Waals surface area contributed by atoms with E-state index in [0.717, 1.165) is 25.4 Å². The Bertz CT molecular complexity index is 366. The largest absolute Gasteiger partial charge is 0.491 e. The molecule has 1 fully saturated rings. The summed E-state index contributed by atoms with van der Waals surface area (Å²) in [6.07, 6.45) is 2.11. The summed E-state index contributed by atoms with van der Waals surface area (Å²) in [6, 6.07) is 6.14. The van der Waals surface area contributed by atoms with Crippen molar-refractivity contribution >= 4 is 0 Å². The SMILES string of the molecule is Cc1cc(C)cc(OCC(O)CN2CCCC2)c1. The van der Waals surface area contributed by atoms with E-state index in [1.807, 2.05) is 12.1 Å². The molecule has 0 amide bonds. The molecule has 3 heteroatoms. The van der Waals surface area contributed by atoms with Crippen molar-refractivity contribution in [2.24, 2.45) is 0 Å². The van der Waals surface area contributed by atoms with Gasteiger partial charge in [0.1, 0.15) is 18.5 Å². The van der Waals surface area contributed by atoms with Gasteiger partial charge in [-0.3, -0.25) is 0 Å². The first-order valence-electron chi connectivity index (χ1n) is 6.75. The lowest BCUT2D eigenvalue weighted by molar-refractivity contribution is 0.0758. The highest BCUT2D eigenvalue weighted by Gasteiger charge is 2.16. The summed E-state index contributed by atoms with van der Waals surface area (Å²) in [5, 5.41) is 9.94. The van der Waals surface area contributed by atoms with Gasteiger partial charge in [-0.05, 0) is 63.0 Å². The van der Waals surface area contributed by atoms with Gasteiger partial charge in [0.25, 0.3) is 0 Å². The van der Waals surface area contributed by atoms with Crippen molar-refractivity contribution < 1.29 is 9.84 Å². The van der Waals surface area contributed by atoms with Crippen molar-refractivity contribution in [3.05, 3.63) is 29.3 Å². The third-order valence-corrected chi connectivity index (χ3v) is 3.31. The number of rotatable bonds is 5. The quantitative estimate of drug-likeness (QED) is 0.868. The number of β-amino-alcohol motifs (C(OH)–C–C–N with tert-alkyl or cyclic N) is 1. The Hall–Kier alpha value is -1.06. The average Bonchev–Trinajstić information content (AvgIpc) is 2.78. The third-order valence-electron chi connectivity index (χ3n) is 3.31. The molecule has 3 nitrogen and oxygen atoms in total. The molecule has 0 radical (unpaired) electrons. The van der Waals surface area contributed by atoms with Crippen molar-refractivity contribution in [2.75, 3.05) is 26.2 Å². The number of nitrogens with zero attached hydrogens (tertiary/aromatic N) is 1. The second-order valence-corrected chi connectivity index (χ2v) is 5.30. The van der Waals surface area contributed by atoms with Gasteiger partial charge in [-0.15, -0.1) is 0 Å². The second-order valence-electron chi connectivity index (χ2n) is 5.30. The fraction of sp³-hybridized carbons (Fsp3) is 0.600. The van der Waals surface area contributed by atoms with Gasteiger partial charge in [-0.25, -0.2) is 0 Å². The smallest absolute Gasteiger partial charge is 0.119 e. The van der Waals surface area contributed by atoms with E-state index in [0.29, 0.717) is 6.61 Å². The summed E-state index contributed by atoms with van der Waals surface area (Å²) in [7, 11) is 0. The molecule has 0 bridgehead atoms. The summed E-state index contributed by atoms with van der Waals surface area (Å²) in [4.78, 5) is 2.30. The van der Waals surface area contributed by atoms with E-state index in [2.05, 4.69) is 24.8 Å². The van der Waals surface area contributed by atoms with Crippen LogP contribution < -0.4 is 4.74 Å². The van der Waals surface area contributed by atoms with Crippen molar-refractivity contribution in [1.82, 2.24) is 4.90 Å². The number of aliphatic hydroxyl groups is 1. The van der Waals surface area contributed by atoms with Crippen molar-refractivity contribution in [3.8, 4) is 5.75 Å². The summed E-state index contributed by atoms with van der Waals surface area (Å²) in [6.45, 7) is 7.44. The van der Waals surface area contributed by atoms with E-state index in [1.54, 1.807) is 0 Å². The molecule has 1 atom stereocenters. The lowest BCUT2D eigenvalue weighted by Crippen LogP contribution is -2.33. The Labute approximate surface area is 109 Å². The molecule has 1 heterocycles. The van der Waals surface area contributed by atoms with Crippen LogP contribution in [0.25, 0.3) is 0 Å². The summed E-state index contributed by atoms with van der Waals surface area (Å²) in [5.41, 5.74) is 2.39. The van der Waals surface area contributed by atoms with E-state index in [-0.39, 0.29) is 0 Å². The molecule has 18 heavy (non-hydrogen) atoms. The maximum atomic E-state index is 9.94. The minimum atomic E-state index is -0.399. The molecular weight excluding hydrogens is 226 g/mol. The van der Waals surface area contributed by atoms with Crippen LogP contribution >= 0.6 is 0 Å². The molecule has 1 aliphatic heterocycles. The number of benzene rings is 1. The van der Waals surface area contributed by atoms with Crippen LogP contribution in [0.3, 0.4) is 0 Å². The minimum absolute atomic E-state index is 0.374. The second kappa shape index (κ2) is 6.21. The van der Waals surface area contributed by atoms with E-state index < -0.39 is 6.10 Å². The fourth-order valence-corrected chi connectivity index (χ4v) is 2.52. The molecule has 0 spiro atoms. The van der Waals surface area contributed by atoms with Crippen LogP contribution in [-0.2, 0) is 0 Å². The van der Waals surface area contributed by atoms with E-state index in [9.17, 15) is 5.11 Å². The topological polar surface area (TPSA) is 32.7 Å². The number of aryl methyl sites for hydroxylation is 2. The Kier molecular flexibility index (Phi) is 4.61. The zero-order valence-corrected chi connectivity index (χ0v) is 11.4. The van der Waals surface area contributed by atoms with Crippen LogP contribution in [0.1, 0.15) is 24.0 Å². The fourth-order valence-electron chi connectivity index (χ4n) is 2.52. The normalized spacial score (nSPS) is 17.9. The molecule has 0 saturated carbocycles. The van der Waals surface area contributed by atoms with Crippen LogP contribution in [0, 0.1) is 13.8 Å². The van der Waals surface area contributed by atoms with Gasteiger partial charge >= 0.3 is 0 Å². The van der Waals surface area contributed by atoms with Crippen molar-refractivity contribution in [1.29, 1.82) is 0 Å². The van der Waals surface area contributed by atoms with Crippen molar-refractivity contribution in [2.45, 2.75) is 32.8 Å². The molecule has 1 N–H and O–H groups in total. The van der Waals surface area contributed by atoms with E-state index >= 15 is 0 Å². The lowest BCUT2D eigenvalue weighted by Gasteiger charge is -2.19. The van der Waals surface area contributed by atoms with Gasteiger partial charge in [-0.1, -0.05) is 6.07 Å². The molecule has 1 aliphatic rings. The Morgan fingerprint density at radius 3 is 2.39 bits per heavy atom. The molecule has 1 aromatic carbocycles. The molecule has 1 saturated heterocycles. The summed E-state index contributed by atoms with van der Waals surface area (Å²) >= 11 is 0. The number of aliphatic hydroxyl groups excluding tert-OH is 1. The highest BCUT2D eigenvalue weighted by atomic mass is 16.5. The first-order valence-corrected chi connectivity index (χ1v) is 6.75. The van der Waals surface area contributed by atoms with Gasteiger partial charge in [0.05, 0.1) is 0 Å². The van der Waals surface area contributed by atoms with Crippen LogP contribution in [0.15, 0.2) is 18.2 Å². The summed E-state index contributed by atoms with van der Waals surface area (Å²) < 4.78 is 5.66. The zero-order chi connectivity index (χ0) is 13.0. The van der Waals surface area contributed by atoms with Crippen LogP contribution in [-0.4, -0.2) is 42.4 Å². The zero-order valence-electron chi connectivity index (χ0n) is 11.4. The monoisotopic (exact) mass is 249 g/mol. The van der Waals surface area contributed by atoms with Gasteiger partial charge < -0.3 is 14.7 Å². The molecule has 1 aromatic rings. The maximum Gasteiger partial charge on any atom is 0.119 e. The molecule has 0 aromatic heterocycles. The molecule has 2 rings (SSSR count). The molecule has 1 unspecified atom stereocenters. The number of hydrogen-bond acceptors (Lipinski definition) is 3. The first-order chi connectivity index (χ1) is 8.63. The van der Waals surface area contributed by atoms with Crippen LogP contribution in [0.5, 0.6) is 5.75 Å². The number of ether oxygens (including phenoxy) is 1. The summed E-state index contributed by atoms with van der Waals surface area (Å²) in [5.74, 6) is 0.855. The standard InChI is InChI=1S/C15H23NO2/c1-12-7-13(2)9-15(8-12)18-11-14(17)10-16-5-3-4-6-16/h7-9,14,17H,3-6,10-11H2,1-2H3. The maximum absolute atomic E-state index is 9.94. The predicted molar refractivity (Wildman–Crippen MR) is 73.1 cm³/mol. The third kappa shape index (κ3) is 4.00. The van der Waals surface area contributed by atoms with Gasteiger partial charge in [0.2, 0.25) is 0 Å². The first kappa shape index (κ1) is 13.4. The Morgan fingerprint density at radius 1 is 1.17 bits per heavy atom. The lowest BCUT2D eigenvalue weighted by atomic mass is 10.1.